The van der Waals surface area contributed by atoms with Crippen molar-refractivity contribution >= 4 is 40.0 Å². The number of imidazole rings is 1. The van der Waals surface area contributed by atoms with Gasteiger partial charge in [-0.15, -0.1) is 0 Å². The number of phenols is 2. The maximum atomic E-state index is 15.0. The van der Waals surface area contributed by atoms with Crippen LogP contribution in [0.25, 0.3) is 10.8 Å². The lowest BCUT2D eigenvalue weighted by atomic mass is 9.76. The largest absolute Gasteiger partial charge is 0.507 e. The number of benzene rings is 2. The highest BCUT2D eigenvalue weighted by atomic mass is 16.7. The molecule has 0 aliphatic carbocycles. The fourth-order valence-electron chi connectivity index (χ4n) is 12.8. The van der Waals surface area contributed by atoms with Crippen LogP contribution >= 0.6 is 0 Å². The average Bonchev–Trinajstić information content (AvgIpc) is 4.26. The fraction of sp³-hybridized carbons (Fsp3) is 0.610. The summed E-state index contributed by atoms with van der Waals surface area (Å²) in [5.74, 6) is -6.54. The molecule has 2 amide bonds. The molecule has 2 aromatic carbocycles. The molecule has 10 rings (SSSR count). The first-order valence-corrected chi connectivity index (χ1v) is 28.1. The van der Waals surface area contributed by atoms with Gasteiger partial charge in [0, 0.05) is 118 Å². The number of carbonyl (C=O) groups is 4. The molecule has 5 bridgehead atoms. The van der Waals surface area contributed by atoms with Crippen LogP contribution in [0.3, 0.4) is 0 Å². The Bertz CT molecular complexity index is 3040. The van der Waals surface area contributed by atoms with E-state index in [4.69, 9.17) is 19.2 Å². The number of ether oxygens (including phenoxy) is 3. The Labute approximate surface area is 456 Å². The number of allylic oxidation sites excluding steroid dienone is 3. The molecule has 0 radical (unpaired) electrons. The number of aliphatic hydroxyl groups excluding tert-OH is 2. The Balaban J connectivity index is 1.03. The molecule has 2 saturated heterocycles. The molecule has 19 heteroatoms. The molecule has 7 aliphatic rings. The van der Waals surface area contributed by atoms with E-state index >= 15 is 4.79 Å². The van der Waals surface area contributed by atoms with E-state index in [1.807, 2.05) is 26.2 Å². The number of piperidine rings is 2. The van der Waals surface area contributed by atoms with Gasteiger partial charge in [0.25, 0.3) is 11.7 Å². The third-order valence-corrected chi connectivity index (χ3v) is 17.7. The van der Waals surface area contributed by atoms with Crippen LogP contribution in [0.15, 0.2) is 58.5 Å². The number of amides is 2. The minimum absolute atomic E-state index is 0.0587. The lowest BCUT2D eigenvalue weighted by molar-refractivity contribution is -0.164. The number of aromatic nitrogens is 2. The predicted octanol–water partition coefficient (Wildman–Crippen LogP) is 5.83. The van der Waals surface area contributed by atoms with E-state index in [1.54, 1.807) is 63.8 Å². The van der Waals surface area contributed by atoms with Crippen molar-refractivity contribution in [3.63, 3.8) is 0 Å². The zero-order valence-electron chi connectivity index (χ0n) is 47.0. The zero-order valence-corrected chi connectivity index (χ0v) is 47.0. The van der Waals surface area contributed by atoms with Gasteiger partial charge in [0.05, 0.1) is 41.7 Å². The first kappa shape index (κ1) is 56.6. The lowest BCUT2D eigenvalue weighted by Crippen LogP contribution is -2.49. The number of nitrogens with one attached hydrogen (secondary N) is 1. The molecule has 422 valence electrons. The average molecular weight is 1080 g/mol. The normalized spacial score (nSPS) is 30.7. The molecule has 1 aromatic heterocycles. The SMILES string of the molecule is CC[C@H]1/C=C/O[C@@]2(C)Oc3c(C)c(O)c4c(O)c(c5c(c4c3C2=O)NC2(CCN(CC(C)C)CC2)N=5)=NC(=O)/C(C)=C\C=C\[C@H](C)[C@H](O)[C@@H](C)[C@@H](O)[C@@H](C)[C@H](OC(=O)CC(=O)N2CCC(N3CCn4ccnc4C3)CC2)[C@@H]1C. The third-order valence-electron chi connectivity index (χ3n) is 17.7. The van der Waals surface area contributed by atoms with Gasteiger partial charge in [-0.1, -0.05) is 66.7 Å². The van der Waals surface area contributed by atoms with Crippen molar-refractivity contribution < 1.29 is 53.8 Å². The van der Waals surface area contributed by atoms with Gasteiger partial charge in [0.15, 0.2) is 5.75 Å². The smallest absolute Gasteiger partial charge is 0.315 e. The summed E-state index contributed by atoms with van der Waals surface area (Å²) in [5.41, 5.74) is -0.135. The molecule has 0 saturated carbocycles. The Morgan fingerprint density at radius 2 is 1.63 bits per heavy atom. The molecular weight excluding hydrogens is 997 g/mol. The minimum Gasteiger partial charge on any atom is -0.507 e. The first-order chi connectivity index (χ1) is 37.0. The van der Waals surface area contributed by atoms with E-state index in [0.29, 0.717) is 63.1 Å². The van der Waals surface area contributed by atoms with E-state index in [1.165, 1.54) is 13.2 Å². The van der Waals surface area contributed by atoms with Crippen molar-refractivity contribution in [3.8, 4) is 17.2 Å². The predicted molar refractivity (Wildman–Crippen MR) is 292 cm³/mol. The maximum Gasteiger partial charge on any atom is 0.315 e. The number of phenolic OH excluding ortho intramolecular Hbond substituents is 2. The molecule has 3 aromatic rings. The molecule has 5 N–H and O–H groups in total. The summed E-state index contributed by atoms with van der Waals surface area (Å²) in [6.45, 7) is 24.0. The molecule has 78 heavy (non-hydrogen) atoms. The van der Waals surface area contributed by atoms with Crippen molar-refractivity contribution in [2.24, 2.45) is 45.5 Å². The number of likely N-dealkylation sites (tertiary alicyclic amines) is 2. The van der Waals surface area contributed by atoms with E-state index in [-0.39, 0.29) is 61.5 Å². The van der Waals surface area contributed by atoms with E-state index in [9.17, 15) is 34.8 Å². The number of esters is 1. The fourth-order valence-corrected chi connectivity index (χ4v) is 12.8. The van der Waals surface area contributed by atoms with Gasteiger partial charge in [-0.2, -0.15) is 0 Å². The second kappa shape index (κ2) is 22.5. The highest BCUT2D eigenvalue weighted by molar-refractivity contribution is 6.21. The van der Waals surface area contributed by atoms with Crippen LogP contribution in [0.4, 0.5) is 5.69 Å². The van der Waals surface area contributed by atoms with Crippen LogP contribution in [0.5, 0.6) is 17.2 Å². The summed E-state index contributed by atoms with van der Waals surface area (Å²) in [5, 5.41) is 51.8. The highest BCUT2D eigenvalue weighted by Gasteiger charge is 2.51. The Morgan fingerprint density at radius 1 is 0.910 bits per heavy atom. The standard InChI is InChI=1S/C59H80N8O11/c1-11-39-17-28-76-58(10)56(74)46-44-45(52(72)38(9)55(46)78-58)53(73)49(48-47(44)62-59(63-48)18-23-64(24-19-59)30-32(2)3)61-57(75)34(5)14-12-13-33(4)50(70)36(7)51(71)37(8)54(35(39)6)77-43(69)29-42(68)66-21-15-40(16-22-66)67-27-26-65-25-20-60-41(65)31-67/h12-14,17,20,25,28,32-33,35-37,39-40,50-51,54,62,70-73H,11,15-16,18-19,21-24,26-27,29-31H2,1-10H3/b13-12+,28-17+,34-14-,61-49?/t33-,35+,36+,37+,39-,50-,51+,54+,58-/m0/s1. The zero-order chi connectivity index (χ0) is 56.1. The highest BCUT2D eigenvalue weighted by Crippen LogP contribution is 2.51. The molecule has 7 aliphatic heterocycles. The number of rotatable bonds is 7. The molecule has 19 nitrogen and oxygen atoms in total. The number of fused-ring (bicyclic) bond motifs is 14. The van der Waals surface area contributed by atoms with Crippen molar-refractivity contribution in [1.82, 2.24) is 24.3 Å². The third kappa shape index (κ3) is 10.8. The molecule has 0 unspecified atom stereocenters. The Kier molecular flexibility index (Phi) is 16.3. The second-order valence-corrected chi connectivity index (χ2v) is 23.5. The summed E-state index contributed by atoms with van der Waals surface area (Å²) in [4.78, 5) is 77.6. The molecule has 1 spiro atoms. The number of ketones is 1. The van der Waals surface area contributed by atoms with E-state index in [2.05, 4.69) is 43.5 Å². The van der Waals surface area contributed by atoms with E-state index < -0.39 is 83.3 Å². The van der Waals surface area contributed by atoms with Crippen LogP contribution < -0.4 is 20.8 Å². The first-order valence-electron chi connectivity index (χ1n) is 28.1. The van der Waals surface area contributed by atoms with Gasteiger partial charge in [-0.05, 0) is 56.9 Å². The molecular formula is C59H80N8O11. The number of carbonyl (C=O) groups excluding carboxylic acids is 4. The quantitative estimate of drug-likeness (QED) is 0.106. The molecule has 9 atom stereocenters. The minimum atomic E-state index is -1.96. The lowest BCUT2D eigenvalue weighted by Gasteiger charge is -2.40. The second-order valence-electron chi connectivity index (χ2n) is 23.5. The number of Topliss-reactive ketones (excluding diaryl/α,β-unsaturated/α-hetero) is 1. The van der Waals surface area contributed by atoms with Gasteiger partial charge < -0.3 is 54.3 Å². The maximum absolute atomic E-state index is 15.0. The van der Waals surface area contributed by atoms with Crippen LogP contribution in [-0.2, 0) is 36.9 Å². The summed E-state index contributed by atoms with van der Waals surface area (Å²) in [6.07, 6.45) is 11.3. The Morgan fingerprint density at radius 3 is 2.32 bits per heavy atom. The summed E-state index contributed by atoms with van der Waals surface area (Å²) < 4.78 is 21.2. The summed E-state index contributed by atoms with van der Waals surface area (Å²) in [6, 6.07) is 0.296. The van der Waals surface area contributed by atoms with Crippen molar-refractivity contribution in [2.45, 2.75) is 157 Å². The number of hydrogen-bond donors (Lipinski definition) is 5. The van der Waals surface area contributed by atoms with Crippen molar-refractivity contribution in [3.05, 3.63) is 76.2 Å². The van der Waals surface area contributed by atoms with Gasteiger partial charge in [0.1, 0.15) is 46.2 Å². The van der Waals surface area contributed by atoms with Crippen LogP contribution in [0.1, 0.15) is 123 Å². The number of nitrogens with zero attached hydrogens (tertiary/aromatic N) is 7. The summed E-state index contributed by atoms with van der Waals surface area (Å²) in [7, 11) is 0. The van der Waals surface area contributed by atoms with Crippen LogP contribution in [0.2, 0.25) is 0 Å². The molecule has 8 heterocycles. The van der Waals surface area contributed by atoms with Crippen LogP contribution in [0, 0.1) is 42.4 Å². The summed E-state index contributed by atoms with van der Waals surface area (Å²) >= 11 is 0. The van der Waals surface area contributed by atoms with Crippen LogP contribution in [-0.4, -0.2) is 143 Å². The Hall–Kier alpha value is -6.15. The number of aliphatic hydroxyl groups is 2. The number of aromatic hydroxyl groups is 2. The number of hydrogen-bond acceptors (Lipinski definition) is 16. The van der Waals surface area contributed by atoms with E-state index in [0.717, 1.165) is 44.8 Å². The topological polar surface area (TPSA) is 241 Å². The number of anilines is 1. The van der Waals surface area contributed by atoms with Gasteiger partial charge in [-0.3, -0.25) is 29.1 Å². The van der Waals surface area contributed by atoms with Gasteiger partial charge >= 0.3 is 11.8 Å². The van der Waals surface area contributed by atoms with Gasteiger partial charge in [0.2, 0.25) is 5.91 Å². The van der Waals surface area contributed by atoms with Crippen molar-refractivity contribution in [1.29, 1.82) is 0 Å². The van der Waals surface area contributed by atoms with Crippen molar-refractivity contribution in [2.75, 3.05) is 44.6 Å². The van der Waals surface area contributed by atoms with Gasteiger partial charge in [-0.25, -0.2) is 9.98 Å². The monoisotopic (exact) mass is 1080 g/mol. The molecule has 2 fully saturated rings.